The summed E-state index contributed by atoms with van der Waals surface area (Å²) in [7, 11) is 0. The fourth-order valence-corrected chi connectivity index (χ4v) is 2.57. The molecule has 0 bridgehead atoms. The quantitative estimate of drug-likeness (QED) is 0.513. The summed E-state index contributed by atoms with van der Waals surface area (Å²) in [5.74, 6) is 1.18. The van der Waals surface area contributed by atoms with E-state index in [0.29, 0.717) is 12.3 Å². The van der Waals surface area contributed by atoms with Gasteiger partial charge in [0.05, 0.1) is 6.42 Å². The molecule has 2 rings (SSSR count). The first-order valence-corrected chi connectivity index (χ1v) is 4.82. The van der Waals surface area contributed by atoms with Gasteiger partial charge in [-0.2, -0.15) is 0 Å². The number of hydrogen-bond acceptors (Lipinski definition) is 2. The Balaban J connectivity index is 2.14. The van der Waals surface area contributed by atoms with E-state index in [0.717, 1.165) is 12.8 Å². The van der Waals surface area contributed by atoms with Gasteiger partial charge in [0, 0.05) is 12.3 Å². The maximum atomic E-state index is 11.5. The minimum absolute atomic E-state index is 0.161. The van der Waals surface area contributed by atoms with Gasteiger partial charge in [0.25, 0.3) is 0 Å². The van der Waals surface area contributed by atoms with E-state index in [1.165, 1.54) is 12.8 Å². The van der Waals surface area contributed by atoms with E-state index in [2.05, 4.69) is 0 Å². The summed E-state index contributed by atoms with van der Waals surface area (Å²) >= 11 is 0. The van der Waals surface area contributed by atoms with Gasteiger partial charge in [-0.05, 0) is 25.2 Å². The minimum Gasteiger partial charge on any atom is -0.299 e. The number of carbonyl (C=O) groups excluding carboxylic acids is 2. The van der Waals surface area contributed by atoms with E-state index >= 15 is 0 Å². The van der Waals surface area contributed by atoms with Crippen molar-refractivity contribution in [1.82, 2.24) is 0 Å². The summed E-state index contributed by atoms with van der Waals surface area (Å²) < 4.78 is 0. The molecule has 66 valence electrons. The minimum atomic E-state index is 0.161. The first kappa shape index (κ1) is 7.96. The molecule has 0 N–H and O–H groups in total. The molecule has 2 fully saturated rings. The van der Waals surface area contributed by atoms with Gasteiger partial charge in [-0.25, -0.2) is 0 Å². The predicted octanol–water partition coefficient (Wildman–Crippen LogP) is 1.72. The largest absolute Gasteiger partial charge is 0.299 e. The Hall–Kier alpha value is -0.660. The van der Waals surface area contributed by atoms with Crippen LogP contribution in [0.3, 0.4) is 0 Å². The fourth-order valence-electron chi connectivity index (χ4n) is 2.57. The van der Waals surface area contributed by atoms with Crippen molar-refractivity contribution in [2.45, 2.75) is 38.5 Å². The summed E-state index contributed by atoms with van der Waals surface area (Å²) in [4.78, 5) is 22.6. The van der Waals surface area contributed by atoms with Gasteiger partial charge in [-0.1, -0.05) is 6.42 Å². The van der Waals surface area contributed by atoms with Crippen molar-refractivity contribution in [3.63, 3.8) is 0 Å². The number of ketones is 2. The molecule has 0 aromatic heterocycles. The van der Waals surface area contributed by atoms with E-state index in [9.17, 15) is 9.59 Å². The zero-order valence-corrected chi connectivity index (χ0v) is 7.21. The maximum Gasteiger partial charge on any atom is 0.143 e. The van der Waals surface area contributed by atoms with Gasteiger partial charge in [-0.15, -0.1) is 0 Å². The molecule has 2 aliphatic rings. The molecule has 0 saturated heterocycles. The van der Waals surface area contributed by atoms with Crippen LogP contribution in [0.25, 0.3) is 0 Å². The molecule has 2 atom stereocenters. The highest BCUT2D eigenvalue weighted by atomic mass is 16.1. The summed E-state index contributed by atoms with van der Waals surface area (Å²) in [6.07, 6.45) is 5.24. The average Bonchev–Trinajstić information content (AvgIpc) is 2.43. The Morgan fingerprint density at radius 1 is 1.08 bits per heavy atom. The van der Waals surface area contributed by atoms with Crippen molar-refractivity contribution in [2.75, 3.05) is 0 Å². The van der Waals surface area contributed by atoms with E-state index in [-0.39, 0.29) is 23.9 Å². The number of rotatable bonds is 0. The fraction of sp³-hybridized carbons (Fsp3) is 0.800. The SMILES string of the molecule is O=C1CC[C@@H]2CCC[C@@H]2C(=O)C1. The second-order valence-corrected chi connectivity index (χ2v) is 4.02. The standard InChI is InChI=1S/C10H14O2/c11-8-5-4-7-2-1-3-9(7)10(12)6-8/h7,9H,1-6H2/t7-,9-/m0/s1. The van der Waals surface area contributed by atoms with Gasteiger partial charge in [0.2, 0.25) is 0 Å². The van der Waals surface area contributed by atoms with Crippen LogP contribution < -0.4 is 0 Å². The number of carbonyl (C=O) groups is 2. The van der Waals surface area contributed by atoms with Crippen molar-refractivity contribution < 1.29 is 9.59 Å². The van der Waals surface area contributed by atoms with E-state index in [4.69, 9.17) is 0 Å². The lowest BCUT2D eigenvalue weighted by Gasteiger charge is -2.12. The molecular formula is C10H14O2. The third kappa shape index (κ3) is 1.30. The van der Waals surface area contributed by atoms with Crippen LogP contribution in [0.15, 0.2) is 0 Å². The molecule has 2 heteroatoms. The van der Waals surface area contributed by atoms with Crippen LogP contribution in [-0.4, -0.2) is 11.6 Å². The van der Waals surface area contributed by atoms with Crippen LogP contribution in [0.1, 0.15) is 38.5 Å². The Bertz CT molecular complexity index is 220. The van der Waals surface area contributed by atoms with E-state index in [1.54, 1.807) is 0 Å². The maximum absolute atomic E-state index is 11.5. The molecule has 2 nitrogen and oxygen atoms in total. The molecule has 0 heterocycles. The number of fused-ring (bicyclic) bond motifs is 1. The third-order valence-corrected chi connectivity index (χ3v) is 3.24. The van der Waals surface area contributed by atoms with Crippen LogP contribution >= 0.6 is 0 Å². The van der Waals surface area contributed by atoms with Crippen LogP contribution in [0.4, 0.5) is 0 Å². The monoisotopic (exact) mass is 166 g/mol. The third-order valence-electron chi connectivity index (χ3n) is 3.24. The molecule has 0 aromatic carbocycles. The molecule has 0 spiro atoms. The van der Waals surface area contributed by atoms with Gasteiger partial charge >= 0.3 is 0 Å². The Morgan fingerprint density at radius 2 is 1.92 bits per heavy atom. The molecule has 2 saturated carbocycles. The topological polar surface area (TPSA) is 34.1 Å². The number of Topliss-reactive ketones (excluding diaryl/α,β-unsaturated/α-hetero) is 2. The Kier molecular flexibility index (Phi) is 1.99. The highest BCUT2D eigenvalue weighted by Gasteiger charge is 2.35. The van der Waals surface area contributed by atoms with Gasteiger partial charge < -0.3 is 0 Å². The predicted molar refractivity (Wildman–Crippen MR) is 44.7 cm³/mol. The normalized spacial score (nSPS) is 36.3. The first-order chi connectivity index (χ1) is 5.77. The molecule has 0 aliphatic heterocycles. The zero-order chi connectivity index (χ0) is 8.55. The van der Waals surface area contributed by atoms with E-state index < -0.39 is 0 Å². The molecule has 0 amide bonds. The van der Waals surface area contributed by atoms with Gasteiger partial charge in [0.1, 0.15) is 11.6 Å². The van der Waals surface area contributed by atoms with Gasteiger partial charge in [0.15, 0.2) is 0 Å². The van der Waals surface area contributed by atoms with Crippen molar-refractivity contribution in [1.29, 1.82) is 0 Å². The van der Waals surface area contributed by atoms with E-state index in [1.807, 2.05) is 0 Å². The molecular weight excluding hydrogens is 152 g/mol. The van der Waals surface area contributed by atoms with Crippen LogP contribution in [0.2, 0.25) is 0 Å². The molecule has 2 aliphatic carbocycles. The highest BCUT2D eigenvalue weighted by molar-refractivity contribution is 6.01. The lowest BCUT2D eigenvalue weighted by Crippen LogP contribution is -2.16. The summed E-state index contributed by atoms with van der Waals surface area (Å²) in [5, 5.41) is 0. The van der Waals surface area contributed by atoms with Crippen LogP contribution in [-0.2, 0) is 9.59 Å². The van der Waals surface area contributed by atoms with Crippen LogP contribution in [0, 0.1) is 11.8 Å². The second kappa shape index (κ2) is 3.00. The van der Waals surface area contributed by atoms with Crippen molar-refractivity contribution >= 4 is 11.6 Å². The number of hydrogen-bond donors (Lipinski definition) is 0. The van der Waals surface area contributed by atoms with Crippen molar-refractivity contribution in [3.8, 4) is 0 Å². The summed E-state index contributed by atoms with van der Waals surface area (Å²) in [6.45, 7) is 0. The lowest BCUT2D eigenvalue weighted by atomic mass is 9.91. The Morgan fingerprint density at radius 3 is 2.75 bits per heavy atom. The lowest BCUT2D eigenvalue weighted by molar-refractivity contribution is -0.128. The molecule has 0 unspecified atom stereocenters. The smallest absolute Gasteiger partial charge is 0.143 e. The highest BCUT2D eigenvalue weighted by Crippen LogP contribution is 2.38. The molecule has 0 radical (unpaired) electrons. The second-order valence-electron chi connectivity index (χ2n) is 4.02. The molecule has 12 heavy (non-hydrogen) atoms. The van der Waals surface area contributed by atoms with Crippen molar-refractivity contribution in [3.05, 3.63) is 0 Å². The first-order valence-electron chi connectivity index (χ1n) is 4.82. The van der Waals surface area contributed by atoms with Crippen molar-refractivity contribution in [2.24, 2.45) is 11.8 Å². The average molecular weight is 166 g/mol. The van der Waals surface area contributed by atoms with Crippen LogP contribution in [0.5, 0.6) is 0 Å². The Labute approximate surface area is 72.3 Å². The summed E-state index contributed by atoms with van der Waals surface area (Å²) in [5.41, 5.74) is 0. The van der Waals surface area contributed by atoms with Gasteiger partial charge in [-0.3, -0.25) is 9.59 Å². The zero-order valence-electron chi connectivity index (χ0n) is 7.21. The summed E-state index contributed by atoms with van der Waals surface area (Å²) in [6, 6.07) is 0. The molecule has 0 aromatic rings.